The maximum atomic E-state index is 12.0. The molecule has 0 radical (unpaired) electrons. The van der Waals surface area contributed by atoms with E-state index in [9.17, 15) is 8.42 Å². The van der Waals surface area contributed by atoms with Crippen LogP contribution in [0.25, 0.3) is 0 Å². The second-order valence-electron chi connectivity index (χ2n) is 3.69. The van der Waals surface area contributed by atoms with Crippen LogP contribution in [0.1, 0.15) is 19.8 Å². The Balaban J connectivity index is 3.03. The van der Waals surface area contributed by atoms with E-state index >= 15 is 0 Å². The second kappa shape index (κ2) is 6.39. The van der Waals surface area contributed by atoms with Gasteiger partial charge in [0.05, 0.1) is 17.4 Å². The van der Waals surface area contributed by atoms with Gasteiger partial charge >= 0.3 is 0 Å². The molecule has 0 saturated carbocycles. The minimum Gasteiger partial charge on any atom is -0.207 e. The Labute approximate surface area is 117 Å². The smallest absolute Gasteiger partial charge is 0.207 e. The fourth-order valence-corrected chi connectivity index (χ4v) is 3.40. The second-order valence-corrected chi connectivity index (χ2v) is 6.28. The van der Waals surface area contributed by atoms with Crippen molar-refractivity contribution in [3.63, 3.8) is 0 Å². The van der Waals surface area contributed by atoms with Crippen LogP contribution in [0, 0.1) is 11.3 Å². The average Bonchev–Trinajstić information content (AvgIpc) is 2.27. The predicted octanol–water partition coefficient (Wildman–Crippen LogP) is 2.96. The molecule has 7 heteroatoms. The number of halogens is 2. The monoisotopic (exact) mass is 306 g/mol. The zero-order valence-electron chi connectivity index (χ0n) is 9.65. The first-order valence-electron chi connectivity index (χ1n) is 5.24. The predicted molar refractivity (Wildman–Crippen MR) is 71.1 cm³/mol. The van der Waals surface area contributed by atoms with Gasteiger partial charge in [-0.2, -0.15) is 5.26 Å². The van der Waals surface area contributed by atoms with E-state index in [1.807, 2.05) is 6.07 Å². The van der Waals surface area contributed by atoms with Crippen LogP contribution in [0.2, 0.25) is 10.0 Å². The lowest BCUT2D eigenvalue weighted by atomic mass is 10.2. The summed E-state index contributed by atoms with van der Waals surface area (Å²) in [5.74, 6) is 0. The third kappa shape index (κ3) is 4.14. The number of sulfonamides is 1. The van der Waals surface area contributed by atoms with E-state index < -0.39 is 16.1 Å². The van der Waals surface area contributed by atoms with Crippen LogP contribution in [0.4, 0.5) is 0 Å². The summed E-state index contributed by atoms with van der Waals surface area (Å²) in [4.78, 5) is -0.00334. The highest BCUT2D eigenvalue weighted by atomic mass is 35.5. The highest BCUT2D eigenvalue weighted by molar-refractivity contribution is 7.89. The standard InChI is InChI=1S/C11H12Cl2N2O2S/c1-2-10(3-4-14)15-18(16,17)11-6-8(12)5-9(13)7-11/h5-7,10,15H,2-3H2,1H3. The maximum Gasteiger partial charge on any atom is 0.240 e. The first kappa shape index (κ1) is 15.3. The van der Waals surface area contributed by atoms with Crippen molar-refractivity contribution in [3.05, 3.63) is 28.2 Å². The van der Waals surface area contributed by atoms with Gasteiger partial charge in [0.1, 0.15) is 0 Å². The Morgan fingerprint density at radius 2 is 1.89 bits per heavy atom. The molecule has 4 nitrogen and oxygen atoms in total. The van der Waals surface area contributed by atoms with Crippen LogP contribution in [-0.4, -0.2) is 14.5 Å². The topological polar surface area (TPSA) is 70.0 Å². The van der Waals surface area contributed by atoms with Crippen LogP contribution in [0.15, 0.2) is 23.1 Å². The number of rotatable bonds is 5. The van der Waals surface area contributed by atoms with Crippen molar-refractivity contribution >= 4 is 33.2 Å². The molecular formula is C11H12Cl2N2O2S. The summed E-state index contributed by atoms with van der Waals surface area (Å²) in [5.41, 5.74) is 0. The average molecular weight is 307 g/mol. The summed E-state index contributed by atoms with van der Waals surface area (Å²) in [6.45, 7) is 1.80. The molecule has 1 rings (SSSR count). The lowest BCUT2D eigenvalue weighted by Gasteiger charge is -2.14. The fourth-order valence-electron chi connectivity index (χ4n) is 1.35. The van der Waals surface area contributed by atoms with Crippen molar-refractivity contribution in [2.45, 2.75) is 30.7 Å². The lowest BCUT2D eigenvalue weighted by molar-refractivity contribution is 0.543. The molecule has 0 bridgehead atoms. The van der Waals surface area contributed by atoms with Gasteiger partial charge in [-0.15, -0.1) is 0 Å². The Bertz CT molecular complexity index is 547. The molecule has 1 aromatic carbocycles. The minimum atomic E-state index is -3.71. The van der Waals surface area contributed by atoms with E-state index in [1.165, 1.54) is 18.2 Å². The van der Waals surface area contributed by atoms with Gasteiger partial charge in [-0.25, -0.2) is 13.1 Å². The van der Waals surface area contributed by atoms with Gasteiger partial charge in [-0.1, -0.05) is 30.1 Å². The van der Waals surface area contributed by atoms with Gasteiger partial charge in [-0.3, -0.25) is 0 Å². The van der Waals surface area contributed by atoms with Gasteiger partial charge in [-0.05, 0) is 24.6 Å². The number of nitrogens with zero attached hydrogens (tertiary/aromatic N) is 1. The zero-order valence-corrected chi connectivity index (χ0v) is 12.0. The van der Waals surface area contributed by atoms with Crippen molar-refractivity contribution in [1.29, 1.82) is 5.26 Å². The highest BCUT2D eigenvalue weighted by Gasteiger charge is 2.19. The quantitative estimate of drug-likeness (QED) is 0.909. The molecule has 1 aromatic rings. The summed E-state index contributed by atoms with van der Waals surface area (Å²) < 4.78 is 26.5. The van der Waals surface area contributed by atoms with Crippen LogP contribution in [-0.2, 0) is 10.0 Å². The molecule has 0 aliphatic rings. The van der Waals surface area contributed by atoms with Crippen molar-refractivity contribution in [1.82, 2.24) is 4.72 Å². The van der Waals surface area contributed by atoms with Crippen molar-refractivity contribution in [2.24, 2.45) is 0 Å². The summed E-state index contributed by atoms with van der Waals surface area (Å²) in [5, 5.41) is 9.09. The summed E-state index contributed by atoms with van der Waals surface area (Å²) in [6, 6.07) is 5.60. The van der Waals surface area contributed by atoms with E-state index in [0.717, 1.165) is 0 Å². The molecule has 0 fully saturated rings. The molecule has 0 aliphatic heterocycles. The van der Waals surface area contributed by atoms with Crippen molar-refractivity contribution in [2.75, 3.05) is 0 Å². The minimum absolute atomic E-state index is 0.00334. The summed E-state index contributed by atoms with van der Waals surface area (Å²) in [6.07, 6.45) is 0.644. The van der Waals surface area contributed by atoms with E-state index in [1.54, 1.807) is 6.92 Å². The molecule has 0 aromatic heterocycles. The largest absolute Gasteiger partial charge is 0.240 e. The van der Waals surface area contributed by atoms with Gasteiger partial charge in [0.25, 0.3) is 0 Å². The zero-order chi connectivity index (χ0) is 13.8. The van der Waals surface area contributed by atoms with E-state index in [-0.39, 0.29) is 21.4 Å². The van der Waals surface area contributed by atoms with E-state index in [4.69, 9.17) is 28.5 Å². The number of hydrogen-bond acceptors (Lipinski definition) is 3. The lowest BCUT2D eigenvalue weighted by Crippen LogP contribution is -2.34. The Morgan fingerprint density at radius 3 is 2.33 bits per heavy atom. The number of hydrogen-bond donors (Lipinski definition) is 1. The van der Waals surface area contributed by atoms with E-state index in [2.05, 4.69) is 4.72 Å². The van der Waals surface area contributed by atoms with Crippen molar-refractivity contribution < 1.29 is 8.42 Å². The molecule has 98 valence electrons. The van der Waals surface area contributed by atoms with Crippen LogP contribution in [0.5, 0.6) is 0 Å². The third-order valence-electron chi connectivity index (χ3n) is 2.30. The molecule has 0 heterocycles. The van der Waals surface area contributed by atoms with Gasteiger partial charge < -0.3 is 0 Å². The summed E-state index contributed by atoms with van der Waals surface area (Å²) in [7, 11) is -3.71. The third-order valence-corrected chi connectivity index (χ3v) is 4.24. The summed E-state index contributed by atoms with van der Waals surface area (Å²) >= 11 is 11.5. The van der Waals surface area contributed by atoms with Crippen LogP contribution < -0.4 is 4.72 Å². The van der Waals surface area contributed by atoms with Gasteiger partial charge in [0, 0.05) is 16.1 Å². The highest BCUT2D eigenvalue weighted by Crippen LogP contribution is 2.22. The number of benzene rings is 1. The normalized spacial score (nSPS) is 13.0. The van der Waals surface area contributed by atoms with Crippen LogP contribution >= 0.6 is 23.2 Å². The molecule has 0 spiro atoms. The SMILES string of the molecule is CCC(CC#N)NS(=O)(=O)c1cc(Cl)cc(Cl)c1. The Morgan fingerprint density at radius 1 is 1.33 bits per heavy atom. The first-order chi connectivity index (χ1) is 8.39. The molecule has 0 saturated heterocycles. The van der Waals surface area contributed by atoms with E-state index in [0.29, 0.717) is 6.42 Å². The molecule has 0 amide bonds. The van der Waals surface area contributed by atoms with Gasteiger partial charge in [0.2, 0.25) is 10.0 Å². The molecule has 1 N–H and O–H groups in total. The fraction of sp³-hybridized carbons (Fsp3) is 0.364. The molecule has 0 aliphatic carbocycles. The van der Waals surface area contributed by atoms with Crippen molar-refractivity contribution in [3.8, 4) is 6.07 Å². The first-order valence-corrected chi connectivity index (χ1v) is 7.48. The Kier molecular flexibility index (Phi) is 5.42. The molecular weight excluding hydrogens is 295 g/mol. The number of nitrogens with one attached hydrogen (secondary N) is 1. The number of nitriles is 1. The molecule has 18 heavy (non-hydrogen) atoms. The van der Waals surface area contributed by atoms with Gasteiger partial charge in [0.15, 0.2) is 0 Å². The van der Waals surface area contributed by atoms with Crippen LogP contribution in [0.3, 0.4) is 0 Å². The molecule has 1 unspecified atom stereocenters. The Hall–Kier alpha value is -0.800. The maximum absolute atomic E-state index is 12.0. The molecule has 1 atom stereocenters.